The first-order valence-corrected chi connectivity index (χ1v) is 9.55. The second kappa shape index (κ2) is 8.53. The van der Waals surface area contributed by atoms with Gasteiger partial charge in [0, 0.05) is 35.0 Å². The Morgan fingerprint density at radius 3 is 2.27 bits per heavy atom. The monoisotopic (exact) mass is 398 g/mol. The molecule has 6 heteroatoms. The topological polar surface area (TPSA) is 60.5 Å². The van der Waals surface area contributed by atoms with Gasteiger partial charge in [-0.3, -0.25) is 4.79 Å². The summed E-state index contributed by atoms with van der Waals surface area (Å²) in [4.78, 5) is 12.4. The zero-order valence-corrected chi connectivity index (χ0v) is 16.8. The highest BCUT2D eigenvalue weighted by atomic mass is 16.5. The van der Waals surface area contributed by atoms with Crippen LogP contribution in [0.15, 0.2) is 90.3 Å². The van der Waals surface area contributed by atoms with E-state index in [4.69, 9.17) is 4.74 Å². The number of nitrogens with zero attached hydrogens (tertiary/aromatic N) is 3. The van der Waals surface area contributed by atoms with Crippen LogP contribution in [0.2, 0.25) is 0 Å². The molecule has 4 rings (SSSR count). The van der Waals surface area contributed by atoms with Crippen LogP contribution in [0.3, 0.4) is 0 Å². The molecule has 150 valence electrons. The van der Waals surface area contributed by atoms with Gasteiger partial charge in [0.05, 0.1) is 19.0 Å². The lowest BCUT2D eigenvalue weighted by Crippen LogP contribution is -2.18. The number of hydrogen-bond donors (Lipinski definition) is 1. The summed E-state index contributed by atoms with van der Waals surface area (Å²) in [5, 5.41) is 4.15. The Morgan fingerprint density at radius 1 is 0.933 bits per heavy atom. The maximum Gasteiger partial charge on any atom is 0.271 e. The van der Waals surface area contributed by atoms with Crippen molar-refractivity contribution in [2.24, 2.45) is 5.10 Å². The van der Waals surface area contributed by atoms with E-state index in [2.05, 4.69) is 15.1 Å². The molecule has 0 unspecified atom stereocenters. The smallest absolute Gasteiger partial charge is 0.271 e. The number of aromatic nitrogens is 2. The van der Waals surface area contributed by atoms with E-state index < -0.39 is 0 Å². The Bertz CT molecular complexity index is 1160. The van der Waals surface area contributed by atoms with Gasteiger partial charge >= 0.3 is 0 Å². The molecule has 0 bridgehead atoms. The molecule has 2 heterocycles. The van der Waals surface area contributed by atoms with Crippen molar-refractivity contribution >= 4 is 12.1 Å². The molecule has 0 fully saturated rings. The highest BCUT2D eigenvalue weighted by Gasteiger charge is 2.07. The second-order valence-electron chi connectivity index (χ2n) is 6.77. The number of ether oxygens (including phenoxy) is 1. The number of carbonyl (C=O) groups is 1. The molecule has 4 aromatic rings. The third-order valence-electron chi connectivity index (χ3n) is 4.83. The Morgan fingerprint density at radius 2 is 1.60 bits per heavy atom. The van der Waals surface area contributed by atoms with Gasteiger partial charge in [-0.15, -0.1) is 0 Å². The van der Waals surface area contributed by atoms with Crippen LogP contribution in [0, 0.1) is 6.92 Å². The van der Waals surface area contributed by atoms with Crippen LogP contribution >= 0.6 is 0 Å². The Kier molecular flexibility index (Phi) is 5.48. The molecule has 0 saturated carbocycles. The highest BCUT2D eigenvalue weighted by molar-refractivity contribution is 5.95. The van der Waals surface area contributed by atoms with Crippen molar-refractivity contribution in [3.8, 4) is 17.1 Å². The summed E-state index contributed by atoms with van der Waals surface area (Å²) < 4.78 is 9.26. The first-order chi connectivity index (χ1) is 14.7. The van der Waals surface area contributed by atoms with Gasteiger partial charge in [0.25, 0.3) is 5.91 Å². The third-order valence-corrected chi connectivity index (χ3v) is 4.83. The molecule has 0 aliphatic carbocycles. The first kappa shape index (κ1) is 19.3. The van der Waals surface area contributed by atoms with Crippen molar-refractivity contribution in [3.63, 3.8) is 0 Å². The summed E-state index contributed by atoms with van der Waals surface area (Å²) >= 11 is 0. The quantitative estimate of drug-likeness (QED) is 0.388. The van der Waals surface area contributed by atoms with Gasteiger partial charge in [0.2, 0.25) is 0 Å². The lowest BCUT2D eigenvalue weighted by molar-refractivity contribution is 0.0955. The number of hydrazone groups is 1. The Labute approximate surface area is 175 Å². The molecule has 2 aromatic heterocycles. The van der Waals surface area contributed by atoms with E-state index >= 15 is 0 Å². The fraction of sp³-hybridized carbons (Fsp3) is 0.0833. The van der Waals surface area contributed by atoms with E-state index in [1.807, 2.05) is 84.5 Å². The van der Waals surface area contributed by atoms with Crippen molar-refractivity contribution in [1.29, 1.82) is 0 Å². The summed E-state index contributed by atoms with van der Waals surface area (Å²) in [5.41, 5.74) is 7.06. The van der Waals surface area contributed by atoms with E-state index in [-0.39, 0.29) is 5.91 Å². The van der Waals surface area contributed by atoms with Gasteiger partial charge in [-0.1, -0.05) is 0 Å². The van der Waals surface area contributed by atoms with Crippen LogP contribution < -0.4 is 10.2 Å². The summed E-state index contributed by atoms with van der Waals surface area (Å²) in [7, 11) is 1.64. The third kappa shape index (κ3) is 4.03. The average Bonchev–Trinajstić information content (AvgIpc) is 3.44. The summed E-state index contributed by atoms with van der Waals surface area (Å²) in [6.45, 7) is 2.02. The summed E-state index contributed by atoms with van der Waals surface area (Å²) in [5.74, 6) is 0.540. The predicted molar refractivity (Wildman–Crippen MR) is 118 cm³/mol. The summed E-state index contributed by atoms with van der Waals surface area (Å²) in [6, 6.07) is 23.0. The van der Waals surface area contributed by atoms with Crippen LogP contribution in [-0.4, -0.2) is 28.4 Å². The highest BCUT2D eigenvalue weighted by Crippen LogP contribution is 2.19. The number of aryl methyl sites for hydroxylation is 1. The van der Waals surface area contributed by atoms with Gasteiger partial charge < -0.3 is 13.9 Å². The number of hydrogen-bond acceptors (Lipinski definition) is 3. The molecule has 1 amide bonds. The number of amides is 1. The molecular weight excluding hydrogens is 376 g/mol. The van der Waals surface area contributed by atoms with Crippen molar-refractivity contribution in [1.82, 2.24) is 14.6 Å². The number of carbonyl (C=O) groups excluding carboxylic acids is 1. The minimum Gasteiger partial charge on any atom is -0.497 e. The number of rotatable bonds is 6. The van der Waals surface area contributed by atoms with Gasteiger partial charge in [-0.2, -0.15) is 5.10 Å². The standard InChI is InChI=1S/C24H22N4O2/c1-18-5-8-22(28(18)21-11-13-23(30-2)14-12-21)17-25-26-24(29)19-6-9-20(10-7-19)27-15-3-4-16-27/h3-17H,1-2H3,(H,26,29)/b25-17-. The fourth-order valence-corrected chi connectivity index (χ4v) is 3.26. The SMILES string of the molecule is COc1ccc(-n2c(C)ccc2/C=N\NC(=O)c2ccc(-n3cccc3)cc2)cc1. The number of benzene rings is 2. The van der Waals surface area contributed by atoms with Crippen molar-refractivity contribution in [3.05, 3.63) is 102 Å². The molecular formula is C24H22N4O2. The lowest BCUT2D eigenvalue weighted by Gasteiger charge is -2.10. The first-order valence-electron chi connectivity index (χ1n) is 9.55. The van der Waals surface area contributed by atoms with Crippen LogP contribution in [0.25, 0.3) is 11.4 Å². The van der Waals surface area contributed by atoms with Crippen molar-refractivity contribution in [2.75, 3.05) is 7.11 Å². The van der Waals surface area contributed by atoms with E-state index in [9.17, 15) is 4.79 Å². The number of nitrogens with one attached hydrogen (secondary N) is 1. The Hall–Kier alpha value is -4.06. The molecule has 6 nitrogen and oxygen atoms in total. The summed E-state index contributed by atoms with van der Waals surface area (Å²) in [6.07, 6.45) is 5.56. The molecule has 2 aromatic carbocycles. The van der Waals surface area contributed by atoms with Crippen molar-refractivity contribution in [2.45, 2.75) is 6.92 Å². The van der Waals surface area contributed by atoms with Crippen LogP contribution in [-0.2, 0) is 0 Å². The maximum atomic E-state index is 12.4. The van der Waals surface area contributed by atoms with Gasteiger partial charge in [0.1, 0.15) is 5.75 Å². The molecule has 0 atom stereocenters. The van der Waals surface area contributed by atoms with Crippen molar-refractivity contribution < 1.29 is 9.53 Å². The van der Waals surface area contributed by atoms with Crippen LogP contribution in [0.5, 0.6) is 5.75 Å². The average molecular weight is 398 g/mol. The maximum absolute atomic E-state index is 12.4. The van der Waals surface area contributed by atoms with E-state index in [0.29, 0.717) is 5.56 Å². The van der Waals surface area contributed by atoms with Gasteiger partial charge in [-0.25, -0.2) is 5.43 Å². The molecule has 0 saturated heterocycles. The molecule has 30 heavy (non-hydrogen) atoms. The molecule has 0 aliphatic heterocycles. The minimum atomic E-state index is -0.260. The minimum absolute atomic E-state index is 0.260. The van der Waals surface area contributed by atoms with Crippen LogP contribution in [0.1, 0.15) is 21.7 Å². The van der Waals surface area contributed by atoms with E-state index in [0.717, 1.165) is 28.5 Å². The van der Waals surface area contributed by atoms with Crippen LogP contribution in [0.4, 0.5) is 0 Å². The molecule has 1 N–H and O–H groups in total. The second-order valence-corrected chi connectivity index (χ2v) is 6.77. The lowest BCUT2D eigenvalue weighted by atomic mass is 10.2. The fourth-order valence-electron chi connectivity index (χ4n) is 3.26. The zero-order valence-electron chi connectivity index (χ0n) is 16.8. The molecule has 0 radical (unpaired) electrons. The normalized spacial score (nSPS) is 11.0. The van der Waals surface area contributed by atoms with E-state index in [1.165, 1.54) is 0 Å². The van der Waals surface area contributed by atoms with Gasteiger partial charge in [-0.05, 0) is 79.7 Å². The number of methoxy groups -OCH3 is 1. The van der Waals surface area contributed by atoms with E-state index in [1.54, 1.807) is 25.5 Å². The predicted octanol–water partition coefficient (Wildman–Crippen LogP) is 4.35. The zero-order chi connectivity index (χ0) is 20.9. The molecule has 0 spiro atoms. The van der Waals surface area contributed by atoms with Gasteiger partial charge in [0.15, 0.2) is 0 Å². The Balaban J connectivity index is 1.46. The largest absolute Gasteiger partial charge is 0.497 e. The molecule has 0 aliphatic rings.